The van der Waals surface area contributed by atoms with Crippen molar-refractivity contribution in [1.29, 1.82) is 0 Å². The Morgan fingerprint density at radius 1 is 1.40 bits per heavy atom. The Balaban J connectivity index is 1.84. The molecule has 3 rings (SSSR count). The predicted octanol–water partition coefficient (Wildman–Crippen LogP) is 2.42. The highest BCUT2D eigenvalue weighted by molar-refractivity contribution is 6.05. The molecule has 25 heavy (non-hydrogen) atoms. The molecule has 0 bridgehead atoms. The van der Waals surface area contributed by atoms with Crippen molar-refractivity contribution in [3.63, 3.8) is 0 Å². The number of nitrogens with one attached hydrogen (secondary N) is 2. The van der Waals surface area contributed by atoms with Crippen molar-refractivity contribution < 1.29 is 9.18 Å². The van der Waals surface area contributed by atoms with Gasteiger partial charge in [0.15, 0.2) is 0 Å². The Kier molecular flexibility index (Phi) is 4.55. The molecule has 3 aromatic rings. The zero-order valence-corrected chi connectivity index (χ0v) is 14.1. The molecular formula is C16H18FN7O. The van der Waals surface area contributed by atoms with Crippen LogP contribution in [-0.2, 0) is 6.54 Å². The first-order chi connectivity index (χ1) is 12.0. The molecule has 2 heterocycles. The lowest BCUT2D eigenvalue weighted by molar-refractivity contribution is 0.102. The van der Waals surface area contributed by atoms with Gasteiger partial charge in [0, 0.05) is 17.8 Å². The van der Waals surface area contributed by atoms with Crippen molar-refractivity contribution in [2.75, 3.05) is 5.32 Å². The molecule has 1 amide bonds. The summed E-state index contributed by atoms with van der Waals surface area (Å²) in [6.45, 7) is 6.66. The second-order valence-corrected chi connectivity index (χ2v) is 6.10. The molecule has 0 radical (unpaired) electrons. The number of halogens is 1. The Bertz CT molecular complexity index is 886. The molecule has 0 aliphatic rings. The van der Waals surface area contributed by atoms with Crippen LogP contribution in [-0.4, -0.2) is 36.3 Å². The van der Waals surface area contributed by atoms with Crippen molar-refractivity contribution in [3.05, 3.63) is 41.5 Å². The summed E-state index contributed by atoms with van der Waals surface area (Å²) >= 11 is 0. The summed E-state index contributed by atoms with van der Waals surface area (Å²) in [6, 6.07) is 4.23. The third-order valence-electron chi connectivity index (χ3n) is 3.70. The first kappa shape index (κ1) is 16.7. The highest BCUT2D eigenvalue weighted by Crippen LogP contribution is 2.23. The van der Waals surface area contributed by atoms with Crippen LogP contribution in [0.3, 0.4) is 0 Å². The van der Waals surface area contributed by atoms with Gasteiger partial charge in [-0.15, -0.1) is 10.2 Å². The number of carbonyl (C=O) groups is 1. The average molecular weight is 343 g/mol. The van der Waals surface area contributed by atoms with Crippen LogP contribution in [0.4, 0.5) is 10.1 Å². The molecule has 0 unspecified atom stereocenters. The normalized spacial score (nSPS) is 11.1. The highest BCUT2D eigenvalue weighted by Gasteiger charge is 2.17. The fourth-order valence-corrected chi connectivity index (χ4v) is 2.43. The van der Waals surface area contributed by atoms with Crippen molar-refractivity contribution in [3.8, 4) is 11.4 Å². The summed E-state index contributed by atoms with van der Waals surface area (Å²) in [4.78, 5) is 12.5. The summed E-state index contributed by atoms with van der Waals surface area (Å²) in [5.74, 6) is -0.250. The van der Waals surface area contributed by atoms with E-state index in [1.165, 1.54) is 24.4 Å². The SMILES string of the molecule is Cc1c(C(=O)Nc2cc(-c3nn[nH]n3)ccc2F)cnn1CC(C)C. The van der Waals surface area contributed by atoms with E-state index in [0.717, 1.165) is 5.69 Å². The number of amides is 1. The largest absolute Gasteiger partial charge is 0.319 e. The number of H-pyrrole nitrogens is 1. The van der Waals surface area contributed by atoms with E-state index >= 15 is 0 Å². The topological polar surface area (TPSA) is 101 Å². The summed E-state index contributed by atoms with van der Waals surface area (Å²) < 4.78 is 15.8. The quantitative estimate of drug-likeness (QED) is 0.741. The van der Waals surface area contributed by atoms with E-state index in [1.54, 1.807) is 4.68 Å². The molecule has 0 aliphatic heterocycles. The second kappa shape index (κ2) is 6.80. The summed E-state index contributed by atoms with van der Waals surface area (Å²) in [5.41, 5.74) is 1.73. The summed E-state index contributed by atoms with van der Waals surface area (Å²) in [5, 5.41) is 20.3. The predicted molar refractivity (Wildman–Crippen MR) is 89.3 cm³/mol. The van der Waals surface area contributed by atoms with E-state index in [9.17, 15) is 9.18 Å². The van der Waals surface area contributed by atoms with Gasteiger partial charge >= 0.3 is 0 Å². The molecule has 0 spiro atoms. The van der Waals surface area contributed by atoms with Gasteiger partial charge in [0.2, 0.25) is 5.82 Å². The van der Waals surface area contributed by atoms with Gasteiger partial charge in [-0.05, 0) is 36.3 Å². The lowest BCUT2D eigenvalue weighted by Gasteiger charge is -2.09. The summed E-state index contributed by atoms with van der Waals surface area (Å²) in [7, 11) is 0. The molecule has 2 aromatic heterocycles. The number of nitrogens with zero attached hydrogens (tertiary/aromatic N) is 5. The minimum absolute atomic E-state index is 0.0447. The highest BCUT2D eigenvalue weighted by atomic mass is 19.1. The molecule has 130 valence electrons. The van der Waals surface area contributed by atoms with Crippen LogP contribution in [0.1, 0.15) is 29.9 Å². The molecule has 0 atom stereocenters. The Hall–Kier alpha value is -3.10. The van der Waals surface area contributed by atoms with Crippen LogP contribution in [0.2, 0.25) is 0 Å². The molecule has 8 nitrogen and oxygen atoms in total. The van der Waals surface area contributed by atoms with Crippen molar-refractivity contribution in [1.82, 2.24) is 30.4 Å². The van der Waals surface area contributed by atoms with Crippen LogP contribution in [0.15, 0.2) is 24.4 Å². The van der Waals surface area contributed by atoms with Gasteiger partial charge in [0.1, 0.15) is 5.82 Å². The van der Waals surface area contributed by atoms with Gasteiger partial charge in [-0.2, -0.15) is 10.3 Å². The summed E-state index contributed by atoms with van der Waals surface area (Å²) in [6.07, 6.45) is 1.49. The Labute approximate surface area is 143 Å². The number of aromatic amines is 1. The van der Waals surface area contributed by atoms with Gasteiger partial charge in [0.05, 0.1) is 17.4 Å². The van der Waals surface area contributed by atoms with Crippen molar-refractivity contribution in [2.24, 2.45) is 5.92 Å². The maximum atomic E-state index is 14.1. The number of anilines is 1. The molecule has 0 saturated carbocycles. The molecule has 2 N–H and O–H groups in total. The number of hydrogen-bond acceptors (Lipinski definition) is 5. The van der Waals surface area contributed by atoms with Gasteiger partial charge < -0.3 is 5.32 Å². The second-order valence-electron chi connectivity index (χ2n) is 6.10. The standard InChI is InChI=1S/C16H18FN7O/c1-9(2)8-24-10(3)12(7-18-24)16(25)19-14-6-11(4-5-13(14)17)15-20-22-23-21-15/h4-7,9H,8H2,1-3H3,(H,19,25)(H,20,21,22,23). The monoisotopic (exact) mass is 343 g/mol. The molecule has 0 fully saturated rings. The molecule has 0 saturated heterocycles. The molecule has 9 heteroatoms. The fourth-order valence-electron chi connectivity index (χ4n) is 2.43. The lowest BCUT2D eigenvalue weighted by Crippen LogP contribution is -2.15. The van der Waals surface area contributed by atoms with E-state index in [4.69, 9.17) is 0 Å². The zero-order valence-electron chi connectivity index (χ0n) is 14.1. The number of tetrazole rings is 1. The van der Waals surface area contributed by atoms with Crippen LogP contribution >= 0.6 is 0 Å². The van der Waals surface area contributed by atoms with Gasteiger partial charge in [-0.3, -0.25) is 9.48 Å². The number of carbonyl (C=O) groups excluding carboxylic acids is 1. The first-order valence-electron chi connectivity index (χ1n) is 7.83. The minimum atomic E-state index is -0.548. The van der Waals surface area contributed by atoms with Gasteiger partial charge in [0.25, 0.3) is 5.91 Å². The van der Waals surface area contributed by atoms with Crippen LogP contribution in [0.25, 0.3) is 11.4 Å². The van der Waals surface area contributed by atoms with E-state index < -0.39 is 11.7 Å². The third-order valence-corrected chi connectivity index (χ3v) is 3.70. The van der Waals surface area contributed by atoms with E-state index in [1.807, 2.05) is 6.92 Å². The van der Waals surface area contributed by atoms with Crippen LogP contribution in [0.5, 0.6) is 0 Å². The average Bonchev–Trinajstić information content (AvgIpc) is 3.20. The van der Waals surface area contributed by atoms with Crippen molar-refractivity contribution in [2.45, 2.75) is 27.3 Å². The lowest BCUT2D eigenvalue weighted by atomic mass is 10.1. The fraction of sp³-hybridized carbons (Fsp3) is 0.312. The van der Waals surface area contributed by atoms with Crippen LogP contribution < -0.4 is 5.32 Å². The van der Waals surface area contributed by atoms with Gasteiger partial charge in [-0.25, -0.2) is 4.39 Å². The molecule has 0 aliphatic carbocycles. The Morgan fingerprint density at radius 2 is 2.20 bits per heavy atom. The number of aromatic nitrogens is 6. The minimum Gasteiger partial charge on any atom is -0.319 e. The smallest absolute Gasteiger partial charge is 0.259 e. The third kappa shape index (κ3) is 3.54. The number of benzene rings is 1. The molecule has 1 aromatic carbocycles. The van der Waals surface area contributed by atoms with Crippen molar-refractivity contribution >= 4 is 11.6 Å². The Morgan fingerprint density at radius 3 is 2.88 bits per heavy atom. The maximum Gasteiger partial charge on any atom is 0.259 e. The van der Waals surface area contributed by atoms with Crippen LogP contribution in [0, 0.1) is 18.7 Å². The number of rotatable bonds is 5. The first-order valence-corrected chi connectivity index (χ1v) is 7.83. The van der Waals surface area contributed by atoms with E-state index in [-0.39, 0.29) is 5.69 Å². The van der Waals surface area contributed by atoms with Gasteiger partial charge in [-0.1, -0.05) is 13.8 Å². The maximum absolute atomic E-state index is 14.1. The number of hydrogen-bond donors (Lipinski definition) is 2. The zero-order chi connectivity index (χ0) is 18.0. The van der Waals surface area contributed by atoms with E-state index in [2.05, 4.69) is 44.9 Å². The van der Waals surface area contributed by atoms with E-state index in [0.29, 0.717) is 29.4 Å². The molecular weight excluding hydrogens is 325 g/mol.